The molecule has 0 aromatic heterocycles. The molecule has 0 unspecified atom stereocenters. The molecule has 0 fully saturated rings. The van der Waals surface area contributed by atoms with Gasteiger partial charge in [0.1, 0.15) is 0 Å². The number of alkyl halides is 7. The second-order valence-corrected chi connectivity index (χ2v) is 3.00. The normalized spacial score (nSPS) is 14.6. The van der Waals surface area contributed by atoms with Gasteiger partial charge in [-0.3, -0.25) is 0 Å². The Morgan fingerprint density at radius 1 is 1.17 bits per heavy atom. The van der Waals surface area contributed by atoms with E-state index in [9.17, 15) is 35.5 Å². The number of carbonyl (C=O) groups excluding carboxylic acids is 1. The average Bonchev–Trinajstić information content (AvgIpc) is 2.15. The van der Waals surface area contributed by atoms with E-state index < -0.39 is 29.7 Å². The Labute approximate surface area is 96.4 Å². The molecule has 0 saturated carbocycles. The first kappa shape index (κ1) is 16.5. The predicted molar refractivity (Wildman–Crippen MR) is 44.9 cm³/mol. The Balaban J connectivity index is 5.33. The van der Waals surface area contributed by atoms with Crippen LogP contribution in [0.15, 0.2) is 11.8 Å². The van der Waals surface area contributed by atoms with Gasteiger partial charge in [0.15, 0.2) is 0 Å². The van der Waals surface area contributed by atoms with E-state index in [1.54, 1.807) is 0 Å². The van der Waals surface area contributed by atoms with E-state index in [-0.39, 0.29) is 12.7 Å². The number of hydrogen-bond acceptors (Lipinski definition) is 3. The lowest BCUT2D eigenvalue weighted by Crippen LogP contribution is -2.54. The highest BCUT2D eigenvalue weighted by molar-refractivity contribution is 5.82. The fourth-order valence-electron chi connectivity index (χ4n) is 0.761. The molecule has 0 atom stereocenters. The highest BCUT2D eigenvalue weighted by Crippen LogP contribution is 2.48. The maximum absolute atomic E-state index is 12.8. The molecule has 0 aromatic rings. The molecule has 0 rings (SSSR count). The van der Waals surface area contributed by atoms with Crippen LogP contribution < -0.4 is 5.73 Å². The number of esters is 1. The van der Waals surface area contributed by atoms with Crippen LogP contribution in [0.3, 0.4) is 0 Å². The number of allylic oxidation sites excluding steroid dienone is 1. The van der Waals surface area contributed by atoms with Gasteiger partial charge in [0.25, 0.3) is 0 Å². The first-order valence-electron chi connectivity index (χ1n) is 4.34. The van der Waals surface area contributed by atoms with Crippen LogP contribution in [-0.4, -0.2) is 30.6 Å². The molecule has 18 heavy (non-hydrogen) atoms. The Bertz CT molecular complexity index is 348. The third-order valence-corrected chi connectivity index (χ3v) is 1.67. The summed E-state index contributed by atoms with van der Waals surface area (Å²) >= 11 is 0. The van der Waals surface area contributed by atoms with Gasteiger partial charge >= 0.3 is 24.0 Å². The van der Waals surface area contributed by atoms with Crippen LogP contribution in [-0.2, 0) is 9.53 Å². The Morgan fingerprint density at radius 3 is 1.94 bits per heavy atom. The molecule has 0 saturated heterocycles. The van der Waals surface area contributed by atoms with E-state index in [1.807, 2.05) is 0 Å². The van der Waals surface area contributed by atoms with Gasteiger partial charge < -0.3 is 10.5 Å². The van der Waals surface area contributed by atoms with Crippen LogP contribution in [0.4, 0.5) is 30.7 Å². The van der Waals surface area contributed by atoms with E-state index in [0.29, 0.717) is 0 Å². The van der Waals surface area contributed by atoms with E-state index in [0.717, 1.165) is 0 Å². The van der Waals surface area contributed by atoms with Crippen LogP contribution in [0.1, 0.15) is 6.92 Å². The maximum atomic E-state index is 12.8. The summed E-state index contributed by atoms with van der Waals surface area (Å²) in [6, 6.07) is 0. The molecular weight excluding hydrogens is 275 g/mol. The summed E-state index contributed by atoms with van der Waals surface area (Å²) < 4.78 is 89.8. The summed E-state index contributed by atoms with van der Waals surface area (Å²) in [5.41, 5.74) is 2.16. The quantitative estimate of drug-likeness (QED) is 0.489. The van der Waals surface area contributed by atoms with Gasteiger partial charge in [0, 0.05) is 6.08 Å². The van der Waals surface area contributed by atoms with Gasteiger partial charge in [0.05, 0.1) is 12.3 Å². The summed E-state index contributed by atoms with van der Waals surface area (Å²) in [6.45, 7) is 0.980. The smallest absolute Gasteiger partial charge is 0.460 e. The minimum atomic E-state index is -6.51. The topological polar surface area (TPSA) is 52.3 Å². The lowest BCUT2D eigenvalue weighted by Gasteiger charge is -2.28. The number of rotatable bonds is 4. The average molecular weight is 283 g/mol. The first-order chi connectivity index (χ1) is 7.88. The molecule has 0 aromatic carbocycles. The molecule has 0 aliphatic carbocycles. The van der Waals surface area contributed by atoms with Gasteiger partial charge in [0.2, 0.25) is 0 Å². The third kappa shape index (κ3) is 3.05. The highest BCUT2D eigenvalue weighted by Gasteiger charge is 2.74. The van der Waals surface area contributed by atoms with Crippen molar-refractivity contribution in [3.05, 3.63) is 11.8 Å². The van der Waals surface area contributed by atoms with E-state index in [2.05, 4.69) is 10.5 Å². The maximum Gasteiger partial charge on any atom is 0.460 e. The Morgan fingerprint density at radius 2 is 1.61 bits per heavy atom. The number of halogens is 7. The van der Waals surface area contributed by atoms with Gasteiger partial charge in [-0.1, -0.05) is 0 Å². The van der Waals surface area contributed by atoms with Crippen molar-refractivity contribution < 1.29 is 40.3 Å². The fourth-order valence-corrected chi connectivity index (χ4v) is 0.761. The van der Waals surface area contributed by atoms with Crippen molar-refractivity contribution >= 4 is 5.97 Å². The zero-order valence-electron chi connectivity index (χ0n) is 8.82. The second kappa shape index (κ2) is 5.02. The van der Waals surface area contributed by atoms with Crippen LogP contribution in [0.2, 0.25) is 0 Å². The van der Waals surface area contributed by atoms with Crippen molar-refractivity contribution in [1.82, 2.24) is 0 Å². The molecule has 0 amide bonds. The monoisotopic (exact) mass is 283 g/mol. The number of ether oxygens (including phenoxy) is 1. The highest BCUT2D eigenvalue weighted by atomic mass is 19.4. The largest absolute Gasteiger partial charge is 0.463 e. The van der Waals surface area contributed by atoms with Crippen LogP contribution in [0.25, 0.3) is 0 Å². The molecule has 0 radical (unpaired) electrons. The predicted octanol–water partition coefficient (Wildman–Crippen LogP) is 2.23. The zero-order valence-corrected chi connectivity index (χ0v) is 8.82. The molecule has 0 aliphatic rings. The van der Waals surface area contributed by atoms with Crippen molar-refractivity contribution in [3.63, 3.8) is 0 Å². The Hall–Kier alpha value is -1.48. The molecular formula is C8H8F7NO2. The number of hydrogen-bond donors (Lipinski definition) is 1. The SMILES string of the molecule is CCOC(=O)C=C(N)C(F)(F)C(F)(F)C(F)(F)F. The fraction of sp³-hybridized carbons (Fsp3) is 0.625. The van der Waals surface area contributed by atoms with Crippen molar-refractivity contribution in [2.24, 2.45) is 5.73 Å². The first-order valence-corrected chi connectivity index (χ1v) is 4.34. The molecule has 106 valence electrons. The van der Waals surface area contributed by atoms with E-state index >= 15 is 0 Å². The molecule has 3 nitrogen and oxygen atoms in total. The summed E-state index contributed by atoms with van der Waals surface area (Å²) in [5, 5.41) is 0. The molecule has 0 bridgehead atoms. The summed E-state index contributed by atoms with van der Waals surface area (Å²) in [4.78, 5) is 10.6. The molecule has 0 spiro atoms. The zero-order chi connectivity index (χ0) is 14.8. The van der Waals surface area contributed by atoms with Gasteiger partial charge in [-0.05, 0) is 6.92 Å². The standard InChI is InChI=1S/C8H8F7NO2/c1-2-18-5(17)3-4(16)6(9,10)7(11,12)8(13,14)15/h3H,2,16H2,1H3. The second-order valence-electron chi connectivity index (χ2n) is 3.00. The lowest BCUT2D eigenvalue weighted by atomic mass is 10.1. The van der Waals surface area contributed by atoms with Gasteiger partial charge in [-0.2, -0.15) is 30.7 Å². The van der Waals surface area contributed by atoms with Crippen LogP contribution in [0, 0.1) is 0 Å². The van der Waals surface area contributed by atoms with Crippen LogP contribution in [0.5, 0.6) is 0 Å². The molecule has 0 aliphatic heterocycles. The summed E-state index contributed by atoms with van der Waals surface area (Å²) in [6.07, 6.45) is -6.83. The number of nitrogens with two attached hydrogens (primary N) is 1. The Kier molecular flexibility index (Phi) is 4.61. The minimum absolute atomic E-state index is 0.288. The molecule has 10 heteroatoms. The van der Waals surface area contributed by atoms with Crippen molar-refractivity contribution in [2.75, 3.05) is 6.61 Å². The summed E-state index contributed by atoms with van der Waals surface area (Å²) in [5.74, 6) is -13.7. The molecule has 2 N–H and O–H groups in total. The minimum Gasteiger partial charge on any atom is -0.463 e. The molecule has 0 heterocycles. The van der Waals surface area contributed by atoms with Gasteiger partial charge in [-0.15, -0.1) is 0 Å². The van der Waals surface area contributed by atoms with Gasteiger partial charge in [-0.25, -0.2) is 4.79 Å². The van der Waals surface area contributed by atoms with E-state index in [1.165, 1.54) is 6.92 Å². The third-order valence-electron chi connectivity index (χ3n) is 1.67. The van der Waals surface area contributed by atoms with Crippen molar-refractivity contribution in [3.8, 4) is 0 Å². The van der Waals surface area contributed by atoms with Crippen molar-refractivity contribution in [2.45, 2.75) is 24.9 Å². The summed E-state index contributed by atoms with van der Waals surface area (Å²) in [7, 11) is 0. The van der Waals surface area contributed by atoms with E-state index in [4.69, 9.17) is 0 Å². The lowest BCUT2D eigenvalue weighted by molar-refractivity contribution is -0.344. The van der Waals surface area contributed by atoms with Crippen LogP contribution >= 0.6 is 0 Å². The van der Waals surface area contributed by atoms with Crippen molar-refractivity contribution in [1.29, 1.82) is 0 Å². The number of carbonyl (C=O) groups is 1.